The first kappa shape index (κ1) is 20.2. The van der Waals surface area contributed by atoms with Gasteiger partial charge in [0.1, 0.15) is 11.1 Å². The van der Waals surface area contributed by atoms with Gasteiger partial charge in [-0.15, -0.1) is 11.3 Å². The molecule has 6 heteroatoms. The SMILES string of the molecule is N#Cc1cnc2nc(-c3ccc(N4c5ccccc5-n5c6ccccc6c6cccc4c65)cc3)sc2c1. The Bertz CT molecular complexity index is 2060. The zero-order chi connectivity index (χ0) is 24.5. The third kappa shape index (κ3) is 2.83. The van der Waals surface area contributed by atoms with Gasteiger partial charge in [-0.2, -0.15) is 5.26 Å². The van der Waals surface area contributed by atoms with E-state index >= 15 is 0 Å². The summed E-state index contributed by atoms with van der Waals surface area (Å²) >= 11 is 1.56. The molecule has 0 amide bonds. The Kier molecular flexibility index (Phi) is 4.10. The molecule has 1 aliphatic heterocycles. The molecule has 0 saturated heterocycles. The van der Waals surface area contributed by atoms with Crippen LogP contribution in [0.1, 0.15) is 5.56 Å². The smallest absolute Gasteiger partial charge is 0.171 e. The lowest BCUT2D eigenvalue weighted by Gasteiger charge is -2.33. The molecule has 1 aliphatic rings. The Hall–Kier alpha value is -4.99. The summed E-state index contributed by atoms with van der Waals surface area (Å²) in [6.07, 6.45) is 1.57. The van der Waals surface area contributed by atoms with Crippen LogP contribution in [0.3, 0.4) is 0 Å². The van der Waals surface area contributed by atoms with Gasteiger partial charge >= 0.3 is 0 Å². The van der Waals surface area contributed by atoms with E-state index in [4.69, 9.17) is 4.98 Å². The van der Waals surface area contributed by atoms with Gasteiger partial charge in [-0.05, 0) is 54.6 Å². The zero-order valence-corrected chi connectivity index (χ0v) is 20.3. The largest absolute Gasteiger partial charge is 0.306 e. The van der Waals surface area contributed by atoms with Gasteiger partial charge in [0.2, 0.25) is 0 Å². The van der Waals surface area contributed by atoms with Gasteiger partial charge < -0.3 is 9.47 Å². The van der Waals surface area contributed by atoms with Crippen molar-refractivity contribution in [1.82, 2.24) is 14.5 Å². The zero-order valence-electron chi connectivity index (χ0n) is 19.5. The minimum atomic E-state index is 0.549. The van der Waals surface area contributed by atoms with Gasteiger partial charge in [0.25, 0.3) is 0 Å². The molecule has 0 aliphatic carbocycles. The van der Waals surface area contributed by atoms with E-state index in [-0.39, 0.29) is 0 Å². The maximum absolute atomic E-state index is 9.19. The van der Waals surface area contributed by atoms with E-state index in [1.165, 1.54) is 27.5 Å². The summed E-state index contributed by atoms with van der Waals surface area (Å²) in [4.78, 5) is 11.4. The Morgan fingerprint density at radius 2 is 1.51 bits per heavy atom. The number of aromatic nitrogens is 3. The van der Waals surface area contributed by atoms with Crippen molar-refractivity contribution in [2.24, 2.45) is 0 Å². The number of hydrogen-bond donors (Lipinski definition) is 0. The Morgan fingerprint density at radius 1 is 0.757 bits per heavy atom. The molecule has 0 atom stereocenters. The molecule has 3 aromatic heterocycles. The lowest BCUT2D eigenvalue weighted by Crippen LogP contribution is -2.17. The topological polar surface area (TPSA) is 57.7 Å². The monoisotopic (exact) mass is 491 g/mol. The van der Waals surface area contributed by atoms with Crippen LogP contribution in [0.5, 0.6) is 0 Å². The molecule has 172 valence electrons. The molecule has 4 aromatic carbocycles. The van der Waals surface area contributed by atoms with Gasteiger partial charge in [-0.3, -0.25) is 0 Å². The van der Waals surface area contributed by atoms with E-state index < -0.39 is 0 Å². The summed E-state index contributed by atoms with van der Waals surface area (Å²) in [5, 5.41) is 12.6. The number of para-hydroxylation sites is 4. The molecule has 0 N–H and O–H groups in total. The van der Waals surface area contributed by atoms with Crippen molar-refractivity contribution in [2.75, 3.05) is 4.90 Å². The number of hydrogen-bond acceptors (Lipinski definition) is 5. The van der Waals surface area contributed by atoms with Crippen LogP contribution in [0.15, 0.2) is 103 Å². The van der Waals surface area contributed by atoms with E-state index in [0.29, 0.717) is 11.2 Å². The number of anilines is 3. The standard InChI is InChI=1S/C31H17N5S/c32-17-19-16-28-30(33-18-19)34-31(37-28)20-12-14-21(15-13-20)35-25-9-3-4-10-26(25)36-24-8-2-1-6-22(24)23-7-5-11-27(35)29(23)36/h1-16,18H. The third-order valence-corrected chi connectivity index (χ3v) is 8.07. The Balaban J connectivity index is 1.31. The fourth-order valence-corrected chi connectivity index (χ4v) is 6.41. The number of nitriles is 1. The van der Waals surface area contributed by atoms with Crippen LogP contribution in [-0.2, 0) is 0 Å². The average Bonchev–Trinajstić information content (AvgIpc) is 3.54. The van der Waals surface area contributed by atoms with Crippen LogP contribution >= 0.6 is 11.3 Å². The van der Waals surface area contributed by atoms with Gasteiger partial charge in [-0.1, -0.05) is 42.5 Å². The lowest BCUT2D eigenvalue weighted by molar-refractivity contribution is 1.11. The molecule has 0 fully saturated rings. The highest BCUT2D eigenvalue weighted by atomic mass is 32.1. The number of rotatable bonds is 2. The fourth-order valence-electron chi connectivity index (χ4n) is 5.44. The number of nitrogens with zero attached hydrogens (tertiary/aromatic N) is 5. The first-order chi connectivity index (χ1) is 18.3. The van der Waals surface area contributed by atoms with Crippen molar-refractivity contribution in [3.63, 3.8) is 0 Å². The van der Waals surface area contributed by atoms with Crippen LogP contribution in [0, 0.1) is 11.3 Å². The predicted octanol–water partition coefficient (Wildman–Crippen LogP) is 8.11. The quantitative estimate of drug-likeness (QED) is 0.245. The minimum absolute atomic E-state index is 0.549. The molecule has 0 bridgehead atoms. The van der Waals surface area contributed by atoms with E-state index in [1.54, 1.807) is 17.5 Å². The molecule has 37 heavy (non-hydrogen) atoms. The molecule has 8 rings (SSSR count). The molecular formula is C31H17N5S. The molecule has 0 unspecified atom stereocenters. The first-order valence-corrected chi connectivity index (χ1v) is 12.8. The van der Waals surface area contributed by atoms with Crippen molar-refractivity contribution < 1.29 is 0 Å². The molecule has 7 aromatic rings. The van der Waals surface area contributed by atoms with Gasteiger partial charge in [0.15, 0.2) is 5.65 Å². The maximum atomic E-state index is 9.19. The summed E-state index contributed by atoms with van der Waals surface area (Å²) in [5.74, 6) is 0. The van der Waals surface area contributed by atoms with E-state index in [0.717, 1.165) is 32.3 Å². The van der Waals surface area contributed by atoms with Crippen molar-refractivity contribution in [3.05, 3.63) is 109 Å². The second-order valence-electron chi connectivity index (χ2n) is 9.07. The third-order valence-electron chi connectivity index (χ3n) is 7.03. The number of fused-ring (bicyclic) bond motifs is 6. The van der Waals surface area contributed by atoms with Gasteiger partial charge in [0.05, 0.1) is 38.4 Å². The fraction of sp³-hybridized carbons (Fsp3) is 0. The second-order valence-corrected chi connectivity index (χ2v) is 10.1. The highest BCUT2D eigenvalue weighted by molar-refractivity contribution is 7.21. The average molecular weight is 492 g/mol. The number of pyridine rings is 1. The van der Waals surface area contributed by atoms with Crippen LogP contribution < -0.4 is 4.90 Å². The van der Waals surface area contributed by atoms with Crippen LogP contribution in [-0.4, -0.2) is 14.5 Å². The normalized spacial score (nSPS) is 12.2. The van der Waals surface area contributed by atoms with E-state index in [2.05, 4.69) is 112 Å². The maximum Gasteiger partial charge on any atom is 0.171 e. The molecule has 4 heterocycles. The summed E-state index contributed by atoms with van der Waals surface area (Å²) in [7, 11) is 0. The van der Waals surface area contributed by atoms with Crippen molar-refractivity contribution in [3.8, 4) is 22.3 Å². The van der Waals surface area contributed by atoms with Crippen molar-refractivity contribution >= 4 is 60.6 Å². The highest BCUT2D eigenvalue weighted by Gasteiger charge is 2.28. The predicted molar refractivity (Wildman–Crippen MR) is 150 cm³/mol. The summed E-state index contributed by atoms with van der Waals surface area (Å²) in [5.41, 5.74) is 9.25. The Labute approximate surface area is 216 Å². The Morgan fingerprint density at radius 3 is 2.38 bits per heavy atom. The summed E-state index contributed by atoms with van der Waals surface area (Å²) < 4.78 is 3.31. The molecular weight excluding hydrogens is 474 g/mol. The van der Waals surface area contributed by atoms with Crippen molar-refractivity contribution in [2.45, 2.75) is 0 Å². The number of benzene rings is 4. The van der Waals surface area contributed by atoms with E-state index in [9.17, 15) is 5.26 Å². The van der Waals surface area contributed by atoms with Crippen LogP contribution in [0.2, 0.25) is 0 Å². The minimum Gasteiger partial charge on any atom is -0.306 e. The van der Waals surface area contributed by atoms with Crippen LogP contribution in [0.25, 0.3) is 48.4 Å². The highest BCUT2D eigenvalue weighted by Crippen LogP contribution is 2.49. The summed E-state index contributed by atoms with van der Waals surface area (Å²) in [6.45, 7) is 0. The molecule has 5 nitrogen and oxygen atoms in total. The molecule has 0 saturated carbocycles. The number of thiazole rings is 1. The van der Waals surface area contributed by atoms with Crippen molar-refractivity contribution in [1.29, 1.82) is 5.26 Å². The van der Waals surface area contributed by atoms with Crippen LogP contribution in [0.4, 0.5) is 17.1 Å². The summed E-state index contributed by atoms with van der Waals surface area (Å²) in [6, 6.07) is 36.3. The van der Waals surface area contributed by atoms with E-state index in [1.807, 2.05) is 6.07 Å². The first-order valence-electron chi connectivity index (χ1n) is 12.0. The van der Waals surface area contributed by atoms with Gasteiger partial charge in [-0.25, -0.2) is 9.97 Å². The molecule has 0 spiro atoms. The lowest BCUT2D eigenvalue weighted by atomic mass is 10.1. The molecule has 0 radical (unpaired) electrons. The second kappa shape index (κ2) is 7.50. The van der Waals surface area contributed by atoms with Gasteiger partial charge in [0, 0.05) is 28.2 Å².